The standard InChI is InChI=1S/C39H47NO5S2/c1-27(2)40(47(44,45)30-22-20-28(3)21-23-30)35-19-15-14-18-31(35)34(26-46(42,43)29-16-12-11-13-17-29)39(10)24-32(37(4,5)6)36(41)33(25-39)38(7,8)9/h11-27H,1-10H3/b34-26+. The zero-order valence-corrected chi connectivity index (χ0v) is 30.8. The lowest BCUT2D eigenvalue weighted by atomic mass is 9.64. The minimum absolute atomic E-state index is 0.0771. The van der Waals surface area contributed by atoms with E-state index in [1.165, 1.54) is 21.8 Å². The molecule has 0 heterocycles. The number of nitrogens with zero attached hydrogens (tertiary/aromatic N) is 1. The van der Waals surface area contributed by atoms with Gasteiger partial charge in [-0.05, 0) is 74.4 Å². The highest BCUT2D eigenvalue weighted by Crippen LogP contribution is 2.51. The molecule has 4 rings (SSSR count). The Labute approximate surface area is 281 Å². The summed E-state index contributed by atoms with van der Waals surface area (Å²) in [4.78, 5) is 14.2. The summed E-state index contributed by atoms with van der Waals surface area (Å²) in [5, 5.41) is 1.25. The van der Waals surface area contributed by atoms with Crippen molar-refractivity contribution >= 4 is 36.9 Å². The van der Waals surface area contributed by atoms with Crippen LogP contribution in [-0.2, 0) is 24.7 Å². The molecule has 6 nitrogen and oxygen atoms in total. The van der Waals surface area contributed by atoms with E-state index in [0.717, 1.165) is 5.56 Å². The van der Waals surface area contributed by atoms with Crippen LogP contribution in [0.3, 0.4) is 0 Å². The first-order chi connectivity index (χ1) is 21.6. The van der Waals surface area contributed by atoms with E-state index in [1.54, 1.807) is 80.6 Å². The fourth-order valence-electron chi connectivity index (χ4n) is 5.90. The number of sulfone groups is 1. The Morgan fingerprint density at radius 1 is 0.723 bits per heavy atom. The number of benzene rings is 3. The summed E-state index contributed by atoms with van der Waals surface area (Å²) in [5.41, 5.74) is 0.983. The highest BCUT2D eigenvalue weighted by atomic mass is 32.2. The topological polar surface area (TPSA) is 88.6 Å². The fraction of sp³-hybridized carbons (Fsp3) is 0.359. The second-order valence-electron chi connectivity index (χ2n) is 14.8. The van der Waals surface area contributed by atoms with Crippen LogP contribution in [0.5, 0.6) is 0 Å². The van der Waals surface area contributed by atoms with Crippen LogP contribution in [0.4, 0.5) is 5.69 Å². The smallest absolute Gasteiger partial charge is 0.264 e. The van der Waals surface area contributed by atoms with Gasteiger partial charge in [0.25, 0.3) is 10.0 Å². The van der Waals surface area contributed by atoms with Crippen LogP contribution in [0.1, 0.15) is 73.4 Å². The number of sulfonamides is 1. The molecule has 8 heteroatoms. The minimum Gasteiger partial charge on any atom is -0.289 e. The van der Waals surface area contributed by atoms with Gasteiger partial charge < -0.3 is 0 Å². The molecule has 1 aliphatic rings. The third kappa shape index (κ3) is 7.39. The Kier molecular flexibility index (Phi) is 9.75. The Hall–Kier alpha value is -3.75. The van der Waals surface area contributed by atoms with Crippen molar-refractivity contribution in [1.82, 2.24) is 0 Å². The molecule has 0 bridgehead atoms. The lowest BCUT2D eigenvalue weighted by molar-refractivity contribution is -0.114. The number of allylic oxidation sites excluding steroid dienone is 5. The van der Waals surface area contributed by atoms with E-state index in [1.807, 2.05) is 67.5 Å². The van der Waals surface area contributed by atoms with Gasteiger partial charge in [-0.2, -0.15) is 0 Å². The molecule has 47 heavy (non-hydrogen) atoms. The number of para-hydroxylation sites is 1. The van der Waals surface area contributed by atoms with E-state index in [9.17, 15) is 21.6 Å². The minimum atomic E-state index is -4.08. The maximum atomic E-state index is 14.4. The second kappa shape index (κ2) is 12.7. The predicted octanol–water partition coefficient (Wildman–Crippen LogP) is 8.95. The van der Waals surface area contributed by atoms with Crippen molar-refractivity contribution in [2.75, 3.05) is 4.31 Å². The SMILES string of the molecule is Cc1ccc(S(=O)(=O)N(c2ccccc2/C(=C\S(=O)(=O)c2ccccc2)C2(C)C=C(C(C)(C)C)C(=O)C(C(C)(C)C)=C2)C(C)C)cc1. The number of carbonyl (C=O) groups excluding carboxylic acids is 1. The summed E-state index contributed by atoms with van der Waals surface area (Å²) in [7, 11) is -8.12. The van der Waals surface area contributed by atoms with Gasteiger partial charge in [0.15, 0.2) is 15.6 Å². The van der Waals surface area contributed by atoms with Crippen molar-refractivity contribution in [2.24, 2.45) is 16.2 Å². The van der Waals surface area contributed by atoms with Gasteiger partial charge in [0.05, 0.1) is 15.5 Å². The summed E-state index contributed by atoms with van der Waals surface area (Å²) in [6, 6.07) is 21.3. The Bertz CT molecular complexity index is 1940. The molecular weight excluding hydrogens is 627 g/mol. The zero-order valence-electron chi connectivity index (χ0n) is 29.1. The molecule has 0 saturated carbocycles. The van der Waals surface area contributed by atoms with Gasteiger partial charge in [-0.1, -0.05) is 108 Å². The van der Waals surface area contributed by atoms with Crippen molar-refractivity contribution in [3.05, 3.63) is 119 Å². The van der Waals surface area contributed by atoms with Gasteiger partial charge in [-0.25, -0.2) is 16.8 Å². The van der Waals surface area contributed by atoms with Crippen molar-refractivity contribution in [3.8, 4) is 0 Å². The zero-order chi connectivity index (χ0) is 35.2. The summed E-state index contributed by atoms with van der Waals surface area (Å²) in [5.74, 6) is -0.0771. The third-order valence-electron chi connectivity index (χ3n) is 8.40. The van der Waals surface area contributed by atoms with E-state index < -0.39 is 42.1 Å². The van der Waals surface area contributed by atoms with Crippen LogP contribution in [0, 0.1) is 23.2 Å². The maximum absolute atomic E-state index is 14.4. The average Bonchev–Trinajstić information content (AvgIpc) is 2.97. The number of carbonyl (C=O) groups is 1. The summed E-state index contributed by atoms with van der Waals surface area (Å²) in [6.45, 7) is 19.2. The molecular formula is C39H47NO5S2. The molecule has 1 aliphatic carbocycles. The van der Waals surface area contributed by atoms with E-state index in [2.05, 4.69) is 0 Å². The van der Waals surface area contributed by atoms with Gasteiger partial charge in [-0.15, -0.1) is 0 Å². The monoisotopic (exact) mass is 673 g/mol. The molecule has 0 fully saturated rings. The van der Waals surface area contributed by atoms with Crippen LogP contribution in [0.15, 0.2) is 117 Å². The normalized spacial score (nSPS) is 16.1. The molecule has 0 saturated heterocycles. The lowest BCUT2D eigenvalue weighted by Gasteiger charge is -2.40. The third-order valence-corrected chi connectivity index (χ3v) is 11.9. The van der Waals surface area contributed by atoms with E-state index >= 15 is 0 Å². The van der Waals surface area contributed by atoms with Crippen molar-refractivity contribution in [1.29, 1.82) is 0 Å². The van der Waals surface area contributed by atoms with Gasteiger partial charge in [-0.3, -0.25) is 9.10 Å². The van der Waals surface area contributed by atoms with Gasteiger partial charge in [0.2, 0.25) is 0 Å². The largest absolute Gasteiger partial charge is 0.289 e. The fourth-order valence-corrected chi connectivity index (χ4v) is 8.95. The van der Waals surface area contributed by atoms with Crippen molar-refractivity contribution < 1.29 is 21.6 Å². The first-order valence-electron chi connectivity index (χ1n) is 15.8. The molecule has 0 amide bonds. The molecule has 0 aliphatic heterocycles. The second-order valence-corrected chi connectivity index (χ2v) is 18.5. The summed E-state index contributed by atoms with van der Waals surface area (Å²) in [6.07, 6.45) is 3.73. The van der Waals surface area contributed by atoms with E-state index in [-0.39, 0.29) is 15.6 Å². The first kappa shape index (κ1) is 36.1. The number of anilines is 1. The molecule has 0 atom stereocenters. The quantitative estimate of drug-likeness (QED) is 0.238. The number of hydrogen-bond donors (Lipinski definition) is 0. The number of ketones is 1. The first-order valence-corrected chi connectivity index (χ1v) is 18.8. The molecule has 0 spiro atoms. The van der Waals surface area contributed by atoms with Gasteiger partial charge in [0, 0.05) is 33.6 Å². The molecule has 0 unspecified atom stereocenters. The van der Waals surface area contributed by atoms with Gasteiger partial charge in [0.1, 0.15) is 0 Å². The molecule has 3 aromatic carbocycles. The average molecular weight is 674 g/mol. The highest BCUT2D eigenvalue weighted by molar-refractivity contribution is 7.94. The Balaban J connectivity index is 2.14. The number of aryl methyl sites for hydroxylation is 1. The van der Waals surface area contributed by atoms with Crippen molar-refractivity contribution in [3.63, 3.8) is 0 Å². The van der Waals surface area contributed by atoms with Crippen LogP contribution < -0.4 is 4.31 Å². The maximum Gasteiger partial charge on any atom is 0.264 e. The molecule has 3 aromatic rings. The Morgan fingerprint density at radius 3 is 1.70 bits per heavy atom. The van der Waals surface area contributed by atoms with Crippen LogP contribution in [-0.4, -0.2) is 28.7 Å². The predicted molar refractivity (Wildman–Crippen MR) is 192 cm³/mol. The molecule has 0 N–H and O–H groups in total. The van der Waals surface area contributed by atoms with E-state index in [0.29, 0.717) is 28.0 Å². The van der Waals surface area contributed by atoms with Crippen LogP contribution >= 0.6 is 0 Å². The number of Topliss-reactive ketones (excluding diaryl/α,β-unsaturated/α-hetero) is 1. The lowest BCUT2D eigenvalue weighted by Crippen LogP contribution is -2.38. The molecule has 0 radical (unpaired) electrons. The number of hydrogen-bond acceptors (Lipinski definition) is 5. The van der Waals surface area contributed by atoms with E-state index in [4.69, 9.17) is 0 Å². The summed E-state index contributed by atoms with van der Waals surface area (Å²) < 4.78 is 58.4. The number of rotatable bonds is 8. The molecule has 0 aromatic heterocycles. The summed E-state index contributed by atoms with van der Waals surface area (Å²) >= 11 is 0. The molecule has 250 valence electrons. The van der Waals surface area contributed by atoms with Gasteiger partial charge >= 0.3 is 0 Å². The van der Waals surface area contributed by atoms with Crippen LogP contribution in [0.25, 0.3) is 5.57 Å². The Morgan fingerprint density at radius 2 is 1.21 bits per heavy atom. The highest BCUT2D eigenvalue weighted by Gasteiger charge is 2.42. The van der Waals surface area contributed by atoms with Crippen LogP contribution in [0.2, 0.25) is 0 Å². The van der Waals surface area contributed by atoms with Crippen molar-refractivity contribution in [2.45, 2.75) is 85.1 Å².